The maximum atomic E-state index is 12.2. The van der Waals surface area contributed by atoms with Crippen molar-refractivity contribution in [3.05, 3.63) is 45.4 Å². The van der Waals surface area contributed by atoms with Gasteiger partial charge in [0, 0.05) is 0 Å². The van der Waals surface area contributed by atoms with Gasteiger partial charge in [-0.25, -0.2) is 9.88 Å². The summed E-state index contributed by atoms with van der Waals surface area (Å²) in [5.74, 6) is -0.897. The summed E-state index contributed by atoms with van der Waals surface area (Å²) in [7, 11) is 0. The molecule has 19 heavy (non-hydrogen) atoms. The number of carbonyl (C=O) groups is 2. The van der Waals surface area contributed by atoms with Gasteiger partial charge in [0.05, 0.1) is 11.1 Å². The number of fused-ring (bicyclic) bond motifs is 1. The number of carbonyl (C=O) groups excluding carboxylic acids is 2. The number of aromatic nitrogens is 1. The second kappa shape index (κ2) is 4.16. The van der Waals surface area contributed by atoms with Crippen molar-refractivity contribution in [1.29, 1.82) is 5.26 Å². The van der Waals surface area contributed by atoms with Crippen LogP contribution >= 0.6 is 22.9 Å². The Kier molecular flexibility index (Phi) is 2.59. The maximum absolute atomic E-state index is 12.2. The number of nitrogens with zero attached hydrogens (tertiary/aromatic N) is 3. The van der Waals surface area contributed by atoms with E-state index in [2.05, 4.69) is 4.98 Å². The molecule has 0 radical (unpaired) electrons. The molecule has 1 aromatic heterocycles. The van der Waals surface area contributed by atoms with E-state index in [0.29, 0.717) is 11.1 Å². The lowest BCUT2D eigenvalue weighted by Crippen LogP contribution is -2.29. The van der Waals surface area contributed by atoms with Gasteiger partial charge in [-0.05, 0) is 12.1 Å². The highest BCUT2D eigenvalue weighted by atomic mass is 35.5. The number of halogens is 1. The normalized spacial score (nSPS) is 13.6. The zero-order chi connectivity index (χ0) is 13.6. The molecule has 0 fully saturated rings. The molecule has 5 nitrogen and oxygen atoms in total. The Bertz CT molecular complexity index is 728. The molecule has 0 atom stereocenters. The first-order valence-electron chi connectivity index (χ1n) is 5.17. The van der Waals surface area contributed by atoms with Crippen molar-refractivity contribution in [2.24, 2.45) is 0 Å². The van der Waals surface area contributed by atoms with E-state index in [9.17, 15) is 9.59 Å². The van der Waals surface area contributed by atoms with Crippen LogP contribution in [0, 0.1) is 11.3 Å². The van der Waals surface area contributed by atoms with Crippen LogP contribution in [-0.4, -0.2) is 16.8 Å². The molecular weight excluding hydrogens is 286 g/mol. The average Bonchev–Trinajstić information content (AvgIpc) is 2.90. The highest BCUT2D eigenvalue weighted by Crippen LogP contribution is 2.34. The first-order valence-corrected chi connectivity index (χ1v) is 6.37. The number of anilines is 1. The molecule has 3 rings (SSSR count). The van der Waals surface area contributed by atoms with Crippen LogP contribution in [0.5, 0.6) is 0 Å². The van der Waals surface area contributed by atoms with Crippen molar-refractivity contribution >= 4 is 39.9 Å². The van der Waals surface area contributed by atoms with Gasteiger partial charge in [-0.3, -0.25) is 9.59 Å². The molecule has 7 heteroatoms. The zero-order valence-corrected chi connectivity index (χ0v) is 10.8. The van der Waals surface area contributed by atoms with Crippen molar-refractivity contribution in [3.63, 3.8) is 0 Å². The van der Waals surface area contributed by atoms with Gasteiger partial charge in [-0.15, -0.1) is 0 Å². The van der Waals surface area contributed by atoms with Gasteiger partial charge in [0.2, 0.25) is 5.13 Å². The summed E-state index contributed by atoms with van der Waals surface area (Å²) in [6, 6.07) is 8.33. The lowest BCUT2D eigenvalue weighted by Gasteiger charge is -2.08. The molecule has 2 amide bonds. The van der Waals surface area contributed by atoms with Crippen LogP contribution < -0.4 is 4.90 Å². The van der Waals surface area contributed by atoms with E-state index in [4.69, 9.17) is 16.9 Å². The molecule has 1 aromatic carbocycles. The van der Waals surface area contributed by atoms with Crippen molar-refractivity contribution in [1.82, 2.24) is 4.98 Å². The van der Waals surface area contributed by atoms with Gasteiger partial charge in [0.1, 0.15) is 10.4 Å². The molecule has 0 saturated carbocycles. The van der Waals surface area contributed by atoms with E-state index in [1.807, 2.05) is 6.07 Å². The van der Waals surface area contributed by atoms with Crippen LogP contribution in [0.4, 0.5) is 5.13 Å². The number of benzene rings is 1. The second-order valence-corrected chi connectivity index (χ2v) is 5.30. The molecular formula is C12H4ClN3O2S. The summed E-state index contributed by atoms with van der Waals surface area (Å²) in [6.45, 7) is 0. The van der Waals surface area contributed by atoms with Gasteiger partial charge in [0.15, 0.2) is 5.69 Å². The number of hydrogen-bond donors (Lipinski definition) is 0. The van der Waals surface area contributed by atoms with E-state index in [0.717, 1.165) is 16.2 Å². The lowest BCUT2D eigenvalue weighted by atomic mass is 10.1. The van der Waals surface area contributed by atoms with E-state index < -0.39 is 11.8 Å². The number of amides is 2. The molecule has 2 aromatic rings. The summed E-state index contributed by atoms with van der Waals surface area (Å²) in [6.07, 6.45) is 0. The van der Waals surface area contributed by atoms with Gasteiger partial charge in [0.25, 0.3) is 11.8 Å². The quantitative estimate of drug-likeness (QED) is 0.756. The Morgan fingerprint density at radius 2 is 1.79 bits per heavy atom. The van der Waals surface area contributed by atoms with Gasteiger partial charge in [-0.1, -0.05) is 35.1 Å². The van der Waals surface area contributed by atoms with Crippen LogP contribution in [0.2, 0.25) is 4.34 Å². The standard InChI is InChI=1S/C12H4ClN3O2S/c13-9-8(5-14)15-12(19-9)16-10(17)6-3-1-2-4-7(6)11(16)18/h1-4H. The molecule has 0 bridgehead atoms. The predicted octanol–water partition coefficient (Wildman–Crippen LogP) is 2.47. The monoisotopic (exact) mass is 289 g/mol. The maximum Gasteiger partial charge on any atom is 0.268 e. The number of rotatable bonds is 1. The highest BCUT2D eigenvalue weighted by Gasteiger charge is 2.38. The fourth-order valence-electron chi connectivity index (χ4n) is 1.82. The first kappa shape index (κ1) is 11.8. The minimum absolute atomic E-state index is 0.0122. The van der Waals surface area contributed by atoms with Gasteiger partial charge >= 0.3 is 0 Å². The van der Waals surface area contributed by atoms with Crippen LogP contribution in [0.1, 0.15) is 26.4 Å². The van der Waals surface area contributed by atoms with Crippen LogP contribution in [0.15, 0.2) is 24.3 Å². The van der Waals surface area contributed by atoms with Gasteiger partial charge < -0.3 is 0 Å². The summed E-state index contributed by atoms with van der Waals surface area (Å²) in [5, 5.41) is 8.92. The molecule has 0 spiro atoms. The summed E-state index contributed by atoms with van der Waals surface area (Å²) < 4.78 is 0.161. The topological polar surface area (TPSA) is 74.1 Å². The van der Waals surface area contributed by atoms with Crippen molar-refractivity contribution in [2.75, 3.05) is 4.90 Å². The summed E-state index contributed by atoms with van der Waals surface area (Å²) in [5.41, 5.74) is 0.674. The van der Waals surface area contributed by atoms with Crippen molar-refractivity contribution in [3.8, 4) is 6.07 Å². The second-order valence-electron chi connectivity index (χ2n) is 3.72. The SMILES string of the molecule is N#Cc1nc(N2C(=O)c3ccccc3C2=O)sc1Cl. The van der Waals surface area contributed by atoms with Crippen molar-refractivity contribution in [2.45, 2.75) is 0 Å². The minimum atomic E-state index is -0.449. The zero-order valence-electron chi connectivity index (χ0n) is 9.25. The summed E-state index contributed by atoms with van der Waals surface area (Å²) in [4.78, 5) is 29.2. The van der Waals surface area contributed by atoms with Crippen molar-refractivity contribution < 1.29 is 9.59 Å². The van der Waals surface area contributed by atoms with E-state index in [-0.39, 0.29) is 15.2 Å². The Balaban J connectivity index is 2.12. The van der Waals surface area contributed by atoms with E-state index >= 15 is 0 Å². The highest BCUT2D eigenvalue weighted by molar-refractivity contribution is 7.20. The Morgan fingerprint density at radius 1 is 1.21 bits per heavy atom. The van der Waals surface area contributed by atoms with Gasteiger partial charge in [-0.2, -0.15) is 5.26 Å². The third-order valence-electron chi connectivity index (χ3n) is 2.67. The molecule has 1 aliphatic rings. The fourth-order valence-corrected chi connectivity index (χ4v) is 2.85. The molecule has 1 aliphatic heterocycles. The average molecular weight is 290 g/mol. The minimum Gasteiger partial charge on any atom is -0.268 e. The largest absolute Gasteiger partial charge is 0.268 e. The third-order valence-corrected chi connectivity index (χ3v) is 3.91. The fraction of sp³-hybridized carbons (Fsp3) is 0. The lowest BCUT2D eigenvalue weighted by molar-refractivity contribution is 0.0926. The van der Waals surface area contributed by atoms with Crippen LogP contribution in [-0.2, 0) is 0 Å². The molecule has 2 heterocycles. The molecule has 0 N–H and O–H groups in total. The molecule has 0 saturated heterocycles. The molecule has 92 valence electrons. The predicted molar refractivity (Wildman–Crippen MR) is 69.4 cm³/mol. The van der Waals surface area contributed by atoms with Crippen LogP contribution in [0.25, 0.3) is 0 Å². The number of thiazole rings is 1. The smallest absolute Gasteiger partial charge is 0.268 e. The third kappa shape index (κ3) is 1.63. The Labute approximate surface area is 116 Å². The number of nitriles is 1. The number of imide groups is 1. The van der Waals surface area contributed by atoms with E-state index in [1.165, 1.54) is 0 Å². The van der Waals surface area contributed by atoms with Crippen LogP contribution in [0.3, 0.4) is 0 Å². The summed E-state index contributed by atoms with van der Waals surface area (Å²) >= 11 is 6.74. The Hall–Kier alpha value is -2.23. The number of hydrogen-bond acceptors (Lipinski definition) is 5. The first-order chi connectivity index (χ1) is 9.13. The van der Waals surface area contributed by atoms with E-state index in [1.54, 1.807) is 24.3 Å². The Morgan fingerprint density at radius 3 is 2.26 bits per heavy atom. The molecule has 0 aliphatic carbocycles. The molecule has 0 unspecified atom stereocenters.